The Balaban J connectivity index is 1.62. The van der Waals surface area contributed by atoms with Crippen LogP contribution in [0, 0.1) is 11.6 Å². The van der Waals surface area contributed by atoms with Crippen LogP contribution in [-0.2, 0) is 0 Å². The van der Waals surface area contributed by atoms with Crippen LogP contribution in [0.5, 0.6) is 5.88 Å². The van der Waals surface area contributed by atoms with Crippen molar-refractivity contribution in [3.8, 4) is 5.88 Å². The van der Waals surface area contributed by atoms with Crippen molar-refractivity contribution in [2.75, 3.05) is 13.1 Å². The number of halogens is 2. The van der Waals surface area contributed by atoms with Crippen LogP contribution in [0.15, 0.2) is 36.5 Å². The van der Waals surface area contributed by atoms with Gasteiger partial charge in [-0.2, -0.15) is 5.10 Å². The van der Waals surface area contributed by atoms with Crippen LogP contribution in [0.4, 0.5) is 13.6 Å². The Hall–Kier alpha value is -2.81. The first-order valence-electron chi connectivity index (χ1n) is 10.1. The van der Waals surface area contributed by atoms with Gasteiger partial charge < -0.3 is 15.2 Å². The van der Waals surface area contributed by atoms with E-state index >= 15 is 0 Å². The lowest BCUT2D eigenvalue weighted by Crippen LogP contribution is -2.55. The van der Waals surface area contributed by atoms with Crippen LogP contribution >= 0.6 is 0 Å². The largest absolute Gasteiger partial charge is 0.471 e. The second kappa shape index (κ2) is 8.91. The molecule has 1 amide bonds. The molecule has 3 unspecified atom stereocenters. The highest BCUT2D eigenvalue weighted by molar-refractivity contribution is 5.66. The highest BCUT2D eigenvalue weighted by atomic mass is 19.1. The molecular formula is C21H24F2N4O3. The molecule has 1 aliphatic heterocycles. The van der Waals surface area contributed by atoms with Crippen LogP contribution in [0.2, 0.25) is 0 Å². The zero-order chi connectivity index (χ0) is 21.1. The number of carbonyl (C=O) groups is 1. The van der Waals surface area contributed by atoms with Crippen LogP contribution < -0.4 is 10.1 Å². The molecule has 0 spiro atoms. The normalized spacial score (nSPS) is 26.3. The molecule has 7 nitrogen and oxygen atoms in total. The van der Waals surface area contributed by atoms with Crippen molar-refractivity contribution in [1.82, 2.24) is 20.4 Å². The van der Waals surface area contributed by atoms with Crippen molar-refractivity contribution in [1.29, 1.82) is 0 Å². The Labute approximate surface area is 173 Å². The van der Waals surface area contributed by atoms with Gasteiger partial charge in [-0.1, -0.05) is 12.1 Å². The predicted molar refractivity (Wildman–Crippen MR) is 104 cm³/mol. The van der Waals surface area contributed by atoms with Gasteiger partial charge in [-0.05, 0) is 55.8 Å². The van der Waals surface area contributed by atoms with Crippen molar-refractivity contribution >= 4 is 6.09 Å². The quantitative estimate of drug-likeness (QED) is 0.776. The first kappa shape index (κ1) is 20.5. The number of amides is 1. The molecule has 9 heteroatoms. The zero-order valence-electron chi connectivity index (χ0n) is 16.4. The van der Waals surface area contributed by atoms with Gasteiger partial charge in [-0.25, -0.2) is 13.6 Å². The van der Waals surface area contributed by atoms with E-state index in [0.717, 1.165) is 37.2 Å². The van der Waals surface area contributed by atoms with Crippen molar-refractivity contribution in [2.24, 2.45) is 0 Å². The summed E-state index contributed by atoms with van der Waals surface area (Å²) in [5.41, 5.74) is 0.921. The number of hydrogen-bond donors (Lipinski definition) is 2. The maximum atomic E-state index is 13.6. The molecule has 1 aromatic carbocycles. The van der Waals surface area contributed by atoms with E-state index < -0.39 is 24.1 Å². The average Bonchev–Trinajstić information content (AvgIpc) is 3.12. The molecule has 160 valence electrons. The molecule has 0 bridgehead atoms. The molecule has 1 saturated carbocycles. The molecule has 4 rings (SSSR count). The third-order valence-corrected chi connectivity index (χ3v) is 5.93. The molecule has 2 aliphatic rings. The van der Waals surface area contributed by atoms with Crippen molar-refractivity contribution in [3.63, 3.8) is 0 Å². The van der Waals surface area contributed by atoms with E-state index in [1.165, 1.54) is 17.0 Å². The summed E-state index contributed by atoms with van der Waals surface area (Å²) in [6, 6.07) is 6.77. The fourth-order valence-corrected chi connectivity index (χ4v) is 4.58. The molecule has 30 heavy (non-hydrogen) atoms. The SMILES string of the molecule is O=C(O)N(C1CC(c2ccc(F)cc2)CC1Oc1cc(F)cnn1)[C@@H]1CCCNC1. The lowest BCUT2D eigenvalue weighted by atomic mass is 9.97. The maximum absolute atomic E-state index is 13.6. The van der Waals surface area contributed by atoms with Gasteiger partial charge in [0.05, 0.1) is 12.2 Å². The number of nitrogens with zero attached hydrogens (tertiary/aromatic N) is 3. The number of rotatable bonds is 5. The predicted octanol–water partition coefficient (Wildman–Crippen LogP) is 3.18. The van der Waals surface area contributed by atoms with Gasteiger partial charge >= 0.3 is 6.09 Å². The summed E-state index contributed by atoms with van der Waals surface area (Å²) in [6.07, 6.45) is 2.16. The summed E-state index contributed by atoms with van der Waals surface area (Å²) >= 11 is 0. The topological polar surface area (TPSA) is 87.6 Å². The minimum atomic E-state index is -1.01. The molecule has 0 radical (unpaired) electrons. The van der Waals surface area contributed by atoms with Gasteiger partial charge in [0, 0.05) is 18.7 Å². The van der Waals surface area contributed by atoms with Gasteiger partial charge in [0.2, 0.25) is 5.88 Å². The summed E-state index contributed by atoms with van der Waals surface area (Å²) in [4.78, 5) is 13.7. The van der Waals surface area contributed by atoms with E-state index in [0.29, 0.717) is 19.4 Å². The van der Waals surface area contributed by atoms with Crippen molar-refractivity contribution < 1.29 is 23.4 Å². The summed E-state index contributed by atoms with van der Waals surface area (Å²) in [7, 11) is 0. The number of benzene rings is 1. The van der Waals surface area contributed by atoms with Crippen LogP contribution in [0.3, 0.4) is 0 Å². The Kier molecular flexibility index (Phi) is 6.08. The maximum Gasteiger partial charge on any atom is 0.407 e. The van der Waals surface area contributed by atoms with Crippen LogP contribution in [-0.4, -0.2) is 57.6 Å². The third-order valence-electron chi connectivity index (χ3n) is 5.93. The number of piperidine rings is 1. The first-order valence-corrected chi connectivity index (χ1v) is 10.1. The van der Waals surface area contributed by atoms with E-state index in [-0.39, 0.29) is 23.7 Å². The molecule has 1 aromatic heterocycles. The Morgan fingerprint density at radius 1 is 1.20 bits per heavy atom. The number of aromatic nitrogens is 2. The van der Waals surface area contributed by atoms with Gasteiger partial charge in [-0.15, -0.1) is 5.10 Å². The Morgan fingerprint density at radius 2 is 2.00 bits per heavy atom. The molecule has 2 N–H and O–H groups in total. The lowest BCUT2D eigenvalue weighted by Gasteiger charge is -2.38. The number of nitrogens with one attached hydrogen (secondary N) is 1. The van der Waals surface area contributed by atoms with Gasteiger partial charge in [0.15, 0.2) is 0 Å². The summed E-state index contributed by atoms with van der Waals surface area (Å²) in [5, 5.41) is 20.7. The summed E-state index contributed by atoms with van der Waals surface area (Å²) < 4.78 is 32.9. The Morgan fingerprint density at radius 3 is 2.67 bits per heavy atom. The highest BCUT2D eigenvalue weighted by Gasteiger charge is 2.44. The molecule has 2 aromatic rings. The summed E-state index contributed by atoms with van der Waals surface area (Å²) in [6.45, 7) is 1.45. The minimum absolute atomic E-state index is 0.0134. The Bertz CT molecular complexity index is 877. The van der Waals surface area contributed by atoms with E-state index in [9.17, 15) is 18.7 Å². The van der Waals surface area contributed by atoms with E-state index in [4.69, 9.17) is 4.74 Å². The highest BCUT2D eigenvalue weighted by Crippen LogP contribution is 2.40. The molecule has 4 atom stereocenters. The fraction of sp³-hybridized carbons (Fsp3) is 0.476. The second-order valence-electron chi connectivity index (χ2n) is 7.85. The molecule has 1 aliphatic carbocycles. The smallest absolute Gasteiger partial charge is 0.407 e. The molecular weight excluding hydrogens is 394 g/mol. The third kappa shape index (κ3) is 4.51. The molecule has 2 heterocycles. The molecule has 2 fully saturated rings. The molecule has 1 saturated heterocycles. The van der Waals surface area contributed by atoms with Crippen molar-refractivity contribution in [3.05, 3.63) is 53.7 Å². The number of carboxylic acid groups (broad SMARTS) is 1. The minimum Gasteiger partial charge on any atom is -0.471 e. The van der Waals surface area contributed by atoms with E-state index in [1.807, 2.05) is 0 Å². The van der Waals surface area contributed by atoms with Crippen LogP contribution in [0.25, 0.3) is 0 Å². The van der Waals surface area contributed by atoms with E-state index in [1.54, 1.807) is 12.1 Å². The fourth-order valence-electron chi connectivity index (χ4n) is 4.58. The second-order valence-corrected chi connectivity index (χ2v) is 7.85. The standard InChI is InChI=1S/C21H24F2N4O3/c22-15-5-3-13(4-6-15)14-8-18(27(21(28)29)17-2-1-7-24-12-17)19(9-14)30-20-10-16(23)11-25-26-20/h3-6,10-11,14,17-19,24H,1-2,7-9,12H2,(H,28,29)/t14?,17-,18?,19?/m1/s1. The monoisotopic (exact) mass is 418 g/mol. The van der Waals surface area contributed by atoms with Crippen LogP contribution in [0.1, 0.15) is 37.2 Å². The summed E-state index contributed by atoms with van der Waals surface area (Å²) in [5.74, 6) is -0.884. The zero-order valence-corrected chi connectivity index (χ0v) is 16.4. The number of hydrogen-bond acceptors (Lipinski definition) is 5. The van der Waals surface area contributed by atoms with Gasteiger partial charge in [0.25, 0.3) is 0 Å². The van der Waals surface area contributed by atoms with Gasteiger partial charge in [-0.3, -0.25) is 4.90 Å². The first-order chi connectivity index (χ1) is 14.5. The van der Waals surface area contributed by atoms with Crippen molar-refractivity contribution in [2.45, 2.75) is 49.8 Å². The number of ether oxygens (including phenoxy) is 1. The van der Waals surface area contributed by atoms with E-state index in [2.05, 4.69) is 15.5 Å². The van der Waals surface area contributed by atoms with Gasteiger partial charge in [0.1, 0.15) is 17.7 Å². The average molecular weight is 418 g/mol. The lowest BCUT2D eigenvalue weighted by molar-refractivity contribution is 0.0448.